The lowest BCUT2D eigenvalue weighted by Gasteiger charge is -2.11. The summed E-state index contributed by atoms with van der Waals surface area (Å²) in [5, 5.41) is 2.24. The fraction of sp³-hybridized carbons (Fsp3) is 0.118. The molecule has 1 aromatic heterocycles. The molecule has 0 radical (unpaired) electrons. The number of carbonyl (C=O) groups is 1. The van der Waals surface area contributed by atoms with E-state index in [1.54, 1.807) is 0 Å². The zero-order valence-corrected chi connectivity index (χ0v) is 17.1. The standard InChI is InChI=1S/C17H11F5N4O4S2/c18-11-5-9(1-3-13(11)30-17(20,21)22)7-23-15(27)10-2-4-14(12(19)6-10)32(28,29)26-16-24-8-25-31-16/h1-6,8H,7H2,(H,23,27)(H,24,25,26). The molecule has 0 atom stereocenters. The number of nitrogens with zero attached hydrogens (tertiary/aromatic N) is 2. The number of carbonyl (C=O) groups excluding carboxylic acids is 1. The van der Waals surface area contributed by atoms with Gasteiger partial charge in [-0.25, -0.2) is 22.2 Å². The van der Waals surface area contributed by atoms with E-state index >= 15 is 0 Å². The van der Waals surface area contributed by atoms with Crippen molar-refractivity contribution < 1.29 is 39.9 Å². The molecule has 8 nitrogen and oxygen atoms in total. The van der Waals surface area contributed by atoms with Gasteiger partial charge in [0.15, 0.2) is 11.6 Å². The molecule has 2 N–H and O–H groups in total. The maximum atomic E-state index is 14.3. The van der Waals surface area contributed by atoms with Crippen molar-refractivity contribution in [2.45, 2.75) is 17.8 Å². The molecule has 15 heteroatoms. The van der Waals surface area contributed by atoms with Gasteiger partial charge in [-0.1, -0.05) is 6.07 Å². The van der Waals surface area contributed by atoms with Crippen LogP contribution in [0.4, 0.5) is 27.1 Å². The van der Waals surface area contributed by atoms with Crippen LogP contribution >= 0.6 is 11.5 Å². The smallest absolute Gasteiger partial charge is 0.403 e. The zero-order chi connectivity index (χ0) is 23.5. The third-order valence-electron chi connectivity index (χ3n) is 3.74. The molecule has 170 valence electrons. The molecule has 0 aliphatic carbocycles. The summed E-state index contributed by atoms with van der Waals surface area (Å²) in [6, 6.07) is 5.18. The summed E-state index contributed by atoms with van der Waals surface area (Å²) < 4.78 is 98.2. The Morgan fingerprint density at radius 1 is 1.09 bits per heavy atom. The second-order valence-corrected chi connectivity index (χ2v) is 8.42. The van der Waals surface area contributed by atoms with Gasteiger partial charge in [0.25, 0.3) is 15.9 Å². The average molecular weight is 494 g/mol. The summed E-state index contributed by atoms with van der Waals surface area (Å²) in [6.07, 6.45) is -3.96. The van der Waals surface area contributed by atoms with Crippen LogP contribution in [0.1, 0.15) is 15.9 Å². The molecule has 3 rings (SSSR count). The molecule has 1 heterocycles. The lowest BCUT2D eigenvalue weighted by atomic mass is 10.1. The van der Waals surface area contributed by atoms with Gasteiger partial charge in [-0.2, -0.15) is 4.37 Å². The molecule has 0 aliphatic heterocycles. The van der Waals surface area contributed by atoms with Crippen LogP contribution in [0, 0.1) is 11.6 Å². The molecular weight excluding hydrogens is 483 g/mol. The third-order valence-corrected chi connectivity index (χ3v) is 5.82. The van der Waals surface area contributed by atoms with Crippen molar-refractivity contribution in [2.75, 3.05) is 4.72 Å². The van der Waals surface area contributed by atoms with Gasteiger partial charge in [-0.3, -0.25) is 9.52 Å². The van der Waals surface area contributed by atoms with Gasteiger partial charge in [0.05, 0.1) is 0 Å². The Bertz CT molecular complexity index is 1230. The van der Waals surface area contributed by atoms with E-state index in [1.165, 1.54) is 0 Å². The molecule has 0 unspecified atom stereocenters. The summed E-state index contributed by atoms with van der Waals surface area (Å²) in [6.45, 7) is -0.303. The van der Waals surface area contributed by atoms with Crippen molar-refractivity contribution in [3.8, 4) is 5.75 Å². The van der Waals surface area contributed by atoms with Crippen molar-refractivity contribution >= 4 is 32.6 Å². The number of hydrogen-bond acceptors (Lipinski definition) is 7. The summed E-state index contributed by atoms with van der Waals surface area (Å²) in [5.74, 6) is -4.37. The number of anilines is 1. The second kappa shape index (κ2) is 9.04. The number of benzene rings is 2. The predicted octanol–water partition coefficient (Wildman–Crippen LogP) is 3.45. The number of rotatable bonds is 7. The lowest BCUT2D eigenvalue weighted by molar-refractivity contribution is -0.275. The fourth-order valence-electron chi connectivity index (χ4n) is 2.39. The second-order valence-electron chi connectivity index (χ2n) is 5.99. The number of alkyl halides is 3. The molecule has 0 aliphatic rings. The number of amides is 1. The van der Waals surface area contributed by atoms with Gasteiger partial charge in [0.1, 0.15) is 17.0 Å². The number of sulfonamides is 1. The first-order valence-electron chi connectivity index (χ1n) is 8.36. The average Bonchev–Trinajstić information content (AvgIpc) is 3.19. The number of hydrogen-bond donors (Lipinski definition) is 2. The first-order chi connectivity index (χ1) is 14.9. The van der Waals surface area contributed by atoms with E-state index in [1.807, 2.05) is 4.72 Å². The molecule has 3 aromatic rings. The lowest BCUT2D eigenvalue weighted by Crippen LogP contribution is -2.23. The molecule has 0 spiro atoms. The molecule has 0 saturated carbocycles. The first kappa shape index (κ1) is 23.3. The van der Waals surface area contributed by atoms with Gasteiger partial charge in [0, 0.05) is 23.6 Å². The molecular formula is C17H11F5N4O4S2. The summed E-state index contributed by atoms with van der Waals surface area (Å²) in [5.41, 5.74) is -0.138. The van der Waals surface area contributed by atoms with E-state index in [-0.39, 0.29) is 22.8 Å². The topological polar surface area (TPSA) is 110 Å². The Hall–Kier alpha value is -3.33. The predicted molar refractivity (Wildman–Crippen MR) is 101 cm³/mol. The van der Waals surface area contributed by atoms with E-state index in [0.29, 0.717) is 6.07 Å². The highest BCUT2D eigenvalue weighted by Gasteiger charge is 2.32. The Kier molecular flexibility index (Phi) is 6.59. The minimum absolute atomic E-state index is 0.0786. The quantitative estimate of drug-likeness (QED) is 0.487. The van der Waals surface area contributed by atoms with Gasteiger partial charge in [-0.15, -0.1) is 13.2 Å². The monoisotopic (exact) mass is 494 g/mol. The number of nitrogens with one attached hydrogen (secondary N) is 2. The first-order valence-corrected chi connectivity index (χ1v) is 10.6. The Labute approximate surface area is 181 Å². The maximum absolute atomic E-state index is 14.3. The van der Waals surface area contributed by atoms with E-state index in [4.69, 9.17) is 0 Å². The number of ether oxygens (including phenoxy) is 1. The van der Waals surface area contributed by atoms with Crippen molar-refractivity contribution in [2.24, 2.45) is 0 Å². The van der Waals surface area contributed by atoms with Gasteiger partial charge < -0.3 is 10.1 Å². The van der Waals surface area contributed by atoms with Crippen LogP contribution in [0.2, 0.25) is 0 Å². The summed E-state index contributed by atoms with van der Waals surface area (Å²) in [7, 11) is -4.32. The zero-order valence-electron chi connectivity index (χ0n) is 15.5. The largest absolute Gasteiger partial charge is 0.573 e. The normalized spacial score (nSPS) is 11.8. The third kappa shape index (κ3) is 5.88. The number of aromatic nitrogens is 2. The van der Waals surface area contributed by atoms with E-state index in [0.717, 1.165) is 48.2 Å². The fourth-order valence-corrected chi connectivity index (χ4v) is 4.12. The minimum atomic E-state index is -5.06. The Morgan fingerprint density at radius 2 is 1.84 bits per heavy atom. The van der Waals surface area contributed by atoms with Crippen LogP contribution < -0.4 is 14.8 Å². The van der Waals surface area contributed by atoms with Crippen LogP contribution in [0.25, 0.3) is 0 Å². The van der Waals surface area contributed by atoms with Crippen LogP contribution in [-0.4, -0.2) is 30.0 Å². The van der Waals surface area contributed by atoms with Crippen LogP contribution in [0.3, 0.4) is 0 Å². The molecule has 2 aromatic carbocycles. The molecule has 0 saturated heterocycles. The SMILES string of the molecule is O=C(NCc1ccc(OC(F)(F)F)c(F)c1)c1ccc(S(=O)(=O)Nc2ncns2)c(F)c1. The maximum Gasteiger partial charge on any atom is 0.573 e. The van der Waals surface area contributed by atoms with Gasteiger partial charge >= 0.3 is 6.36 Å². The van der Waals surface area contributed by atoms with Crippen molar-refractivity contribution in [3.63, 3.8) is 0 Å². The highest BCUT2D eigenvalue weighted by Crippen LogP contribution is 2.26. The molecule has 0 bridgehead atoms. The summed E-state index contributed by atoms with van der Waals surface area (Å²) in [4.78, 5) is 15.1. The minimum Gasteiger partial charge on any atom is -0.403 e. The summed E-state index contributed by atoms with van der Waals surface area (Å²) >= 11 is 0.739. The molecule has 0 fully saturated rings. The van der Waals surface area contributed by atoms with Gasteiger partial charge in [-0.05, 0) is 35.9 Å². The van der Waals surface area contributed by atoms with Crippen LogP contribution in [0.15, 0.2) is 47.6 Å². The van der Waals surface area contributed by atoms with Crippen LogP contribution in [0.5, 0.6) is 5.75 Å². The number of halogens is 5. The van der Waals surface area contributed by atoms with Crippen molar-refractivity contribution in [3.05, 3.63) is 65.5 Å². The van der Waals surface area contributed by atoms with E-state index in [2.05, 4.69) is 19.4 Å². The van der Waals surface area contributed by atoms with Crippen molar-refractivity contribution in [1.29, 1.82) is 0 Å². The van der Waals surface area contributed by atoms with E-state index < -0.39 is 44.6 Å². The van der Waals surface area contributed by atoms with Crippen LogP contribution in [-0.2, 0) is 16.6 Å². The molecule has 32 heavy (non-hydrogen) atoms. The highest BCUT2D eigenvalue weighted by atomic mass is 32.2. The highest BCUT2D eigenvalue weighted by molar-refractivity contribution is 7.93. The van der Waals surface area contributed by atoms with Crippen molar-refractivity contribution in [1.82, 2.24) is 14.7 Å². The van der Waals surface area contributed by atoms with E-state index in [9.17, 15) is 35.2 Å². The Balaban J connectivity index is 1.67. The van der Waals surface area contributed by atoms with Gasteiger partial charge in [0.2, 0.25) is 5.13 Å². The molecule has 1 amide bonds. The Morgan fingerprint density at radius 3 is 2.44 bits per heavy atom.